The first-order valence-electron chi connectivity index (χ1n) is 17.4. The number of hydrogen-bond donors (Lipinski definition) is 3. The Hall–Kier alpha value is -3.83. The largest absolute Gasteiger partial charge is 0.497 e. The van der Waals surface area contributed by atoms with Crippen molar-refractivity contribution in [2.24, 2.45) is 11.8 Å². The number of ether oxygens (including phenoxy) is 3. The molecule has 11 heteroatoms. The monoisotopic (exact) mass is 666 g/mol. The van der Waals surface area contributed by atoms with Crippen molar-refractivity contribution in [3.05, 3.63) is 48.0 Å². The topological polar surface area (TPSA) is 130 Å². The van der Waals surface area contributed by atoms with Crippen LogP contribution in [0, 0.1) is 11.8 Å². The van der Waals surface area contributed by atoms with Gasteiger partial charge in [0.2, 0.25) is 5.91 Å². The van der Waals surface area contributed by atoms with Gasteiger partial charge in [-0.1, -0.05) is 26.2 Å². The van der Waals surface area contributed by atoms with Crippen molar-refractivity contribution in [2.75, 3.05) is 51.1 Å². The van der Waals surface area contributed by atoms with Crippen LogP contribution in [0.2, 0.25) is 0 Å². The average molecular weight is 667 g/mol. The van der Waals surface area contributed by atoms with Crippen LogP contribution in [0.1, 0.15) is 82.5 Å². The predicted octanol–water partition coefficient (Wildman–Crippen LogP) is 6.17. The summed E-state index contributed by atoms with van der Waals surface area (Å²) in [5.41, 5.74) is 1.53. The number of nitrogens with zero attached hydrogens (tertiary/aromatic N) is 2. The van der Waals surface area contributed by atoms with Gasteiger partial charge in [0.1, 0.15) is 11.5 Å². The Morgan fingerprint density at radius 1 is 1.00 bits per heavy atom. The average Bonchev–Trinajstić information content (AvgIpc) is 3.10. The second-order valence-electron chi connectivity index (χ2n) is 13.4. The zero-order chi connectivity index (χ0) is 34.6. The molecule has 4 atom stereocenters. The number of aliphatic hydroxyl groups is 1. The smallest absolute Gasteiger partial charge is 0.321 e. The van der Waals surface area contributed by atoms with Crippen molar-refractivity contribution in [1.29, 1.82) is 0 Å². The van der Waals surface area contributed by atoms with Crippen molar-refractivity contribution in [3.63, 3.8) is 0 Å². The second-order valence-corrected chi connectivity index (χ2v) is 13.4. The van der Waals surface area contributed by atoms with E-state index in [1.54, 1.807) is 73.3 Å². The Morgan fingerprint density at radius 2 is 1.69 bits per heavy atom. The number of fused-ring (bicyclic) bond motifs is 1. The number of methoxy groups -OCH3 is 1. The molecule has 0 saturated heterocycles. The van der Waals surface area contributed by atoms with E-state index in [9.17, 15) is 19.5 Å². The molecule has 1 aliphatic carbocycles. The van der Waals surface area contributed by atoms with Gasteiger partial charge in [-0.3, -0.25) is 9.59 Å². The molecule has 0 aromatic heterocycles. The van der Waals surface area contributed by atoms with E-state index < -0.39 is 6.04 Å². The van der Waals surface area contributed by atoms with Gasteiger partial charge in [0.05, 0.1) is 37.5 Å². The minimum Gasteiger partial charge on any atom is -0.497 e. The molecule has 1 saturated carbocycles. The summed E-state index contributed by atoms with van der Waals surface area (Å²) in [4.78, 5) is 43.8. The number of rotatable bonds is 8. The number of nitrogens with one attached hydrogen (secondary N) is 2. The van der Waals surface area contributed by atoms with Crippen molar-refractivity contribution in [1.82, 2.24) is 9.80 Å². The maximum Gasteiger partial charge on any atom is 0.321 e. The third-order valence-electron chi connectivity index (χ3n) is 9.44. The van der Waals surface area contributed by atoms with Gasteiger partial charge in [-0.15, -0.1) is 0 Å². The number of carbonyl (C=O) groups excluding carboxylic acids is 3. The fraction of sp³-hybridized carbons (Fsp3) is 0.595. The molecule has 1 heterocycles. The van der Waals surface area contributed by atoms with Crippen molar-refractivity contribution in [2.45, 2.75) is 90.4 Å². The lowest BCUT2D eigenvalue weighted by atomic mass is 9.88. The summed E-state index contributed by atoms with van der Waals surface area (Å²) in [6.45, 7) is 6.61. The molecule has 0 unspecified atom stereocenters. The summed E-state index contributed by atoms with van der Waals surface area (Å²) in [5, 5.41) is 16.2. The van der Waals surface area contributed by atoms with Crippen LogP contribution in [0.4, 0.5) is 16.2 Å². The second kappa shape index (κ2) is 18.1. The van der Waals surface area contributed by atoms with E-state index in [0.717, 1.165) is 51.4 Å². The molecular formula is C37H54N4O7. The highest BCUT2D eigenvalue weighted by atomic mass is 16.5. The van der Waals surface area contributed by atoms with E-state index in [-0.39, 0.29) is 55.0 Å². The van der Waals surface area contributed by atoms with Crippen LogP contribution in [0.25, 0.3) is 0 Å². The lowest BCUT2D eigenvalue weighted by Crippen LogP contribution is -2.48. The lowest BCUT2D eigenvalue weighted by molar-refractivity contribution is -0.120. The highest BCUT2D eigenvalue weighted by Gasteiger charge is 2.31. The Labute approximate surface area is 285 Å². The number of anilines is 2. The molecule has 11 nitrogen and oxygen atoms in total. The van der Waals surface area contributed by atoms with E-state index in [1.807, 2.05) is 13.8 Å². The highest BCUT2D eigenvalue weighted by Crippen LogP contribution is 2.30. The van der Waals surface area contributed by atoms with Crippen LogP contribution in [0.3, 0.4) is 0 Å². The zero-order valence-corrected chi connectivity index (χ0v) is 29.2. The van der Waals surface area contributed by atoms with E-state index in [0.29, 0.717) is 41.6 Å². The number of likely N-dealkylation sites (N-methyl/N-ethyl adjacent to an activating group) is 1. The molecule has 1 aliphatic heterocycles. The van der Waals surface area contributed by atoms with Gasteiger partial charge in [0.25, 0.3) is 5.91 Å². The minimum atomic E-state index is -0.504. The van der Waals surface area contributed by atoms with E-state index in [1.165, 1.54) is 0 Å². The van der Waals surface area contributed by atoms with Crippen molar-refractivity contribution in [3.8, 4) is 11.5 Å². The zero-order valence-electron chi connectivity index (χ0n) is 29.2. The number of aliphatic hydroxyl groups excluding tert-OH is 1. The summed E-state index contributed by atoms with van der Waals surface area (Å²) in [7, 11) is 3.31. The van der Waals surface area contributed by atoms with Crippen molar-refractivity contribution >= 4 is 29.2 Å². The molecule has 48 heavy (non-hydrogen) atoms. The summed E-state index contributed by atoms with van der Waals surface area (Å²) in [5.74, 6) is 0.598. The maximum absolute atomic E-state index is 14.4. The van der Waals surface area contributed by atoms with Crippen LogP contribution in [-0.2, 0) is 9.53 Å². The van der Waals surface area contributed by atoms with Crippen molar-refractivity contribution < 1.29 is 33.7 Å². The van der Waals surface area contributed by atoms with Gasteiger partial charge in [0, 0.05) is 50.0 Å². The molecule has 4 amide bonds. The predicted molar refractivity (Wildman–Crippen MR) is 187 cm³/mol. The number of hydrogen-bond acceptors (Lipinski definition) is 7. The minimum absolute atomic E-state index is 0.0216. The third-order valence-corrected chi connectivity index (χ3v) is 9.44. The summed E-state index contributed by atoms with van der Waals surface area (Å²) >= 11 is 0. The Morgan fingerprint density at radius 3 is 2.38 bits per heavy atom. The molecule has 0 radical (unpaired) electrons. The van der Waals surface area contributed by atoms with Gasteiger partial charge in [-0.05, 0) is 88.4 Å². The molecule has 0 spiro atoms. The quantitative estimate of drug-likeness (QED) is 0.307. The SMILES string of the molecule is COc1ccc(NC(=O)N(C)C[C@@H]2OCCCC[C@@H](C)Oc3ccc(NC(=O)C4CCCCC4)cc3C(=O)N([C@@H](C)CO)C[C@@H]2C)cc1. The molecule has 2 aliphatic rings. The number of urea groups is 1. The van der Waals surface area contributed by atoms with Gasteiger partial charge in [-0.25, -0.2) is 4.79 Å². The molecule has 2 aromatic rings. The molecule has 3 N–H and O–H groups in total. The van der Waals surface area contributed by atoms with Gasteiger partial charge in [0.15, 0.2) is 0 Å². The summed E-state index contributed by atoms with van der Waals surface area (Å²) in [6, 6.07) is 11.6. The normalized spacial score (nSPS) is 22.0. The lowest BCUT2D eigenvalue weighted by Gasteiger charge is -2.35. The van der Waals surface area contributed by atoms with Gasteiger partial charge >= 0.3 is 6.03 Å². The van der Waals surface area contributed by atoms with Crippen LogP contribution in [0.15, 0.2) is 42.5 Å². The molecule has 264 valence electrons. The first-order valence-corrected chi connectivity index (χ1v) is 17.4. The molecular weight excluding hydrogens is 612 g/mol. The van der Waals surface area contributed by atoms with Crippen LogP contribution < -0.4 is 20.1 Å². The van der Waals surface area contributed by atoms with Crippen LogP contribution in [-0.4, -0.2) is 91.5 Å². The summed E-state index contributed by atoms with van der Waals surface area (Å²) < 4.78 is 17.9. The Balaban J connectivity index is 1.56. The fourth-order valence-electron chi connectivity index (χ4n) is 6.32. The Bertz CT molecular complexity index is 1350. The standard InChI is InChI=1S/C37H54N4O7/c1-25-22-41(26(2)24-42)36(44)32-21-30(38-35(43)28-12-7-6-8-13-28)16-19-33(32)48-27(3)11-9-10-20-47-34(25)23-40(4)37(45)39-29-14-17-31(46-5)18-15-29/h14-19,21,25-28,34,42H,6-13,20,22-24H2,1-5H3,(H,38,43)(H,39,45)/t25-,26-,27+,34-/m0/s1. The highest BCUT2D eigenvalue weighted by molar-refractivity contribution is 6.00. The molecule has 4 rings (SSSR count). The van der Waals surface area contributed by atoms with E-state index in [4.69, 9.17) is 14.2 Å². The molecule has 2 aromatic carbocycles. The maximum atomic E-state index is 14.4. The van der Waals surface area contributed by atoms with Crippen LogP contribution in [0.5, 0.6) is 11.5 Å². The number of benzene rings is 2. The van der Waals surface area contributed by atoms with Crippen LogP contribution >= 0.6 is 0 Å². The number of amides is 4. The number of carbonyl (C=O) groups is 3. The van der Waals surface area contributed by atoms with Gasteiger partial charge in [-0.2, -0.15) is 0 Å². The van der Waals surface area contributed by atoms with E-state index >= 15 is 0 Å². The Kier molecular flexibility index (Phi) is 13.9. The molecule has 1 fully saturated rings. The van der Waals surface area contributed by atoms with E-state index in [2.05, 4.69) is 10.6 Å². The third kappa shape index (κ3) is 10.3. The fourth-order valence-corrected chi connectivity index (χ4v) is 6.32. The molecule has 0 bridgehead atoms. The first-order chi connectivity index (χ1) is 23.1. The van der Waals surface area contributed by atoms with Gasteiger partial charge < -0.3 is 39.8 Å². The first kappa shape index (κ1) is 37.0. The summed E-state index contributed by atoms with van der Waals surface area (Å²) in [6.07, 6.45) is 6.90.